The first kappa shape index (κ1) is 30.0. The van der Waals surface area contributed by atoms with Crippen molar-refractivity contribution in [2.24, 2.45) is 5.92 Å². The third kappa shape index (κ3) is 33.4. The van der Waals surface area contributed by atoms with Gasteiger partial charge in [-0.3, -0.25) is 0 Å². The van der Waals surface area contributed by atoms with E-state index in [-0.39, 0.29) is 6.61 Å². The second kappa shape index (κ2) is 29.0. The fourth-order valence-corrected chi connectivity index (χ4v) is 3.04. The van der Waals surface area contributed by atoms with Crippen LogP contribution in [0.1, 0.15) is 111 Å². The highest BCUT2D eigenvalue weighted by Crippen LogP contribution is 2.14. The Morgan fingerprint density at radius 3 is 1.36 bits per heavy atom. The van der Waals surface area contributed by atoms with Gasteiger partial charge in [0.15, 0.2) is 0 Å². The summed E-state index contributed by atoms with van der Waals surface area (Å²) >= 11 is 0. The highest BCUT2D eigenvalue weighted by Gasteiger charge is 1.95. The van der Waals surface area contributed by atoms with Crippen LogP contribution in [-0.4, -0.2) is 49.9 Å². The molecule has 0 saturated heterocycles. The Hall–Kier alpha value is -0.160. The molecule has 0 unspecified atom stereocenters. The summed E-state index contributed by atoms with van der Waals surface area (Å²) in [5, 5.41) is 16.9. The molecule has 0 aliphatic heterocycles. The molecule has 0 aliphatic carbocycles. The van der Waals surface area contributed by atoms with Crippen LogP contribution in [0.25, 0.3) is 0 Å². The smallest absolute Gasteiger partial charge is 0.0701 e. The summed E-state index contributed by atoms with van der Waals surface area (Å²) in [6.07, 6.45) is 19.3. The zero-order valence-corrected chi connectivity index (χ0v) is 19.4. The van der Waals surface area contributed by atoms with E-state index in [0.717, 1.165) is 18.9 Å². The first-order valence-corrected chi connectivity index (χ1v) is 12.1. The molecule has 0 aliphatic rings. The lowest BCUT2D eigenvalue weighted by molar-refractivity contribution is 0.0370. The molecular formula is C24H52O4. The minimum Gasteiger partial charge on any atom is -0.396 e. The highest BCUT2D eigenvalue weighted by atomic mass is 16.5. The van der Waals surface area contributed by atoms with Crippen molar-refractivity contribution in [2.45, 2.75) is 111 Å². The van der Waals surface area contributed by atoms with Gasteiger partial charge in [0.25, 0.3) is 0 Å². The summed E-state index contributed by atoms with van der Waals surface area (Å²) in [5.41, 5.74) is 0. The van der Waals surface area contributed by atoms with Crippen molar-refractivity contribution in [3.05, 3.63) is 0 Å². The van der Waals surface area contributed by atoms with Gasteiger partial charge in [0, 0.05) is 13.2 Å². The zero-order valence-electron chi connectivity index (χ0n) is 19.4. The lowest BCUT2D eigenvalue weighted by Gasteiger charge is -2.04. The molecular weight excluding hydrogens is 352 g/mol. The maximum absolute atomic E-state index is 8.67. The van der Waals surface area contributed by atoms with Crippen molar-refractivity contribution in [1.29, 1.82) is 0 Å². The Labute approximate surface area is 176 Å². The predicted molar refractivity (Wildman–Crippen MR) is 121 cm³/mol. The minimum atomic E-state index is 0.0894. The Morgan fingerprint density at radius 2 is 0.964 bits per heavy atom. The number of aliphatic hydroxyl groups excluding tert-OH is 2. The standard InChI is InChI=1S/C18H38O.C6H14O3/c1-18(2)16-14-12-10-8-6-4-3-5-7-9-11-13-15-17-19;1-2-8-5-6-9-4-3-7/h18-19H,3-17H2,1-2H3;7H,2-6H2,1H3. The lowest BCUT2D eigenvalue weighted by atomic mass is 10.0. The van der Waals surface area contributed by atoms with E-state index in [1.54, 1.807) is 0 Å². The molecule has 4 nitrogen and oxygen atoms in total. The second-order valence-corrected chi connectivity index (χ2v) is 8.04. The molecule has 0 bridgehead atoms. The molecule has 0 spiro atoms. The Bertz CT molecular complexity index is 241. The van der Waals surface area contributed by atoms with Crippen LogP contribution in [-0.2, 0) is 9.47 Å². The predicted octanol–water partition coefficient (Wildman–Crippen LogP) is 6.13. The molecule has 0 aromatic carbocycles. The third-order valence-corrected chi connectivity index (χ3v) is 4.75. The summed E-state index contributed by atoms with van der Waals surface area (Å²) in [6.45, 7) is 9.38. The van der Waals surface area contributed by atoms with Crippen LogP contribution >= 0.6 is 0 Å². The molecule has 0 fully saturated rings. The van der Waals surface area contributed by atoms with Crippen molar-refractivity contribution < 1.29 is 19.7 Å². The molecule has 0 atom stereocenters. The van der Waals surface area contributed by atoms with Crippen molar-refractivity contribution >= 4 is 0 Å². The molecule has 0 radical (unpaired) electrons. The third-order valence-electron chi connectivity index (χ3n) is 4.75. The number of unbranched alkanes of at least 4 members (excludes halogenated alkanes) is 12. The number of hydrogen-bond acceptors (Lipinski definition) is 4. The zero-order chi connectivity index (χ0) is 21.1. The van der Waals surface area contributed by atoms with Crippen molar-refractivity contribution in [3.8, 4) is 0 Å². The maximum atomic E-state index is 8.67. The molecule has 2 N–H and O–H groups in total. The quantitative estimate of drug-likeness (QED) is 0.226. The first-order valence-electron chi connectivity index (χ1n) is 12.1. The summed E-state index contributed by atoms with van der Waals surface area (Å²) in [5.74, 6) is 0.886. The molecule has 28 heavy (non-hydrogen) atoms. The van der Waals surface area contributed by atoms with Crippen molar-refractivity contribution in [2.75, 3.05) is 39.6 Å². The molecule has 0 aromatic heterocycles. The van der Waals surface area contributed by atoms with Crippen LogP contribution in [0.4, 0.5) is 0 Å². The average Bonchev–Trinajstić information content (AvgIpc) is 2.68. The number of rotatable bonds is 21. The van der Waals surface area contributed by atoms with Gasteiger partial charge in [-0.25, -0.2) is 0 Å². The highest BCUT2D eigenvalue weighted by molar-refractivity contribution is 4.50. The Morgan fingerprint density at radius 1 is 0.536 bits per heavy atom. The first-order chi connectivity index (χ1) is 13.7. The van der Waals surface area contributed by atoms with Gasteiger partial charge >= 0.3 is 0 Å². The monoisotopic (exact) mass is 404 g/mol. The van der Waals surface area contributed by atoms with Crippen LogP contribution in [0.3, 0.4) is 0 Å². The molecule has 0 rings (SSSR count). The summed E-state index contributed by atoms with van der Waals surface area (Å²) < 4.78 is 9.88. The Kier molecular flexibility index (Phi) is 31.2. The molecule has 0 heterocycles. The van der Waals surface area contributed by atoms with Crippen LogP contribution in [0.2, 0.25) is 0 Å². The van der Waals surface area contributed by atoms with Gasteiger partial charge in [0.05, 0.1) is 26.4 Å². The van der Waals surface area contributed by atoms with E-state index in [1.807, 2.05) is 6.92 Å². The van der Waals surface area contributed by atoms with E-state index in [0.29, 0.717) is 26.4 Å². The normalized spacial score (nSPS) is 10.9. The van der Waals surface area contributed by atoms with Gasteiger partial charge in [-0.15, -0.1) is 0 Å². The topological polar surface area (TPSA) is 58.9 Å². The van der Waals surface area contributed by atoms with Gasteiger partial charge in [0.1, 0.15) is 0 Å². The lowest BCUT2D eigenvalue weighted by Crippen LogP contribution is -2.06. The van der Waals surface area contributed by atoms with Gasteiger partial charge in [-0.1, -0.05) is 97.3 Å². The van der Waals surface area contributed by atoms with Crippen LogP contribution in [0.5, 0.6) is 0 Å². The average molecular weight is 405 g/mol. The molecule has 0 amide bonds. The molecule has 172 valence electrons. The fraction of sp³-hybridized carbons (Fsp3) is 1.00. The van der Waals surface area contributed by atoms with Gasteiger partial charge < -0.3 is 19.7 Å². The summed E-state index contributed by atoms with van der Waals surface area (Å²) in [7, 11) is 0. The van der Waals surface area contributed by atoms with E-state index in [1.165, 1.54) is 83.5 Å². The van der Waals surface area contributed by atoms with Gasteiger partial charge in [-0.2, -0.15) is 0 Å². The number of aliphatic hydroxyl groups is 2. The van der Waals surface area contributed by atoms with E-state index in [9.17, 15) is 0 Å². The Balaban J connectivity index is 0. The molecule has 0 saturated carbocycles. The van der Waals surface area contributed by atoms with E-state index in [2.05, 4.69) is 13.8 Å². The SMILES string of the molecule is CC(C)CCCCCCCCCCCCCCCO.CCOCCOCCO. The molecule has 4 heteroatoms. The maximum Gasteiger partial charge on any atom is 0.0701 e. The van der Waals surface area contributed by atoms with E-state index >= 15 is 0 Å². The van der Waals surface area contributed by atoms with Gasteiger partial charge in [0.2, 0.25) is 0 Å². The van der Waals surface area contributed by atoms with E-state index < -0.39 is 0 Å². The van der Waals surface area contributed by atoms with Crippen LogP contribution in [0, 0.1) is 5.92 Å². The summed E-state index contributed by atoms with van der Waals surface area (Å²) in [4.78, 5) is 0. The second-order valence-electron chi connectivity index (χ2n) is 8.04. The fourth-order valence-electron chi connectivity index (χ4n) is 3.04. The summed E-state index contributed by atoms with van der Waals surface area (Å²) in [6, 6.07) is 0. The molecule has 0 aromatic rings. The number of hydrogen-bond donors (Lipinski definition) is 2. The minimum absolute atomic E-state index is 0.0894. The van der Waals surface area contributed by atoms with Crippen molar-refractivity contribution in [3.63, 3.8) is 0 Å². The van der Waals surface area contributed by atoms with E-state index in [4.69, 9.17) is 19.7 Å². The van der Waals surface area contributed by atoms with Crippen LogP contribution < -0.4 is 0 Å². The number of ether oxygens (including phenoxy) is 2. The van der Waals surface area contributed by atoms with Gasteiger partial charge in [-0.05, 0) is 19.3 Å². The largest absolute Gasteiger partial charge is 0.396 e. The van der Waals surface area contributed by atoms with Crippen LogP contribution in [0.15, 0.2) is 0 Å². The van der Waals surface area contributed by atoms with Crippen molar-refractivity contribution in [1.82, 2.24) is 0 Å².